The van der Waals surface area contributed by atoms with Crippen LogP contribution >= 0.6 is 11.6 Å². The molecule has 5 heteroatoms. The van der Waals surface area contributed by atoms with Gasteiger partial charge in [-0.15, -0.1) is 0 Å². The van der Waals surface area contributed by atoms with E-state index in [1.165, 1.54) is 25.7 Å². The SMILES string of the molecule is Clc1ccc(OCc2nc(C3CCCC3)n[nH]2)cc1. The standard InChI is InChI=1S/C14H16ClN3O/c15-11-5-7-12(8-6-11)19-9-13-16-14(18-17-13)10-3-1-2-4-10/h5-8,10H,1-4,9H2,(H,16,17,18). The van der Waals surface area contributed by atoms with E-state index in [0.29, 0.717) is 17.5 Å². The van der Waals surface area contributed by atoms with Crippen LogP contribution in [0, 0.1) is 0 Å². The molecule has 1 heterocycles. The third-order valence-corrected chi connectivity index (χ3v) is 3.71. The summed E-state index contributed by atoms with van der Waals surface area (Å²) in [6, 6.07) is 7.30. The number of benzene rings is 1. The van der Waals surface area contributed by atoms with Crippen LogP contribution in [0.15, 0.2) is 24.3 Å². The van der Waals surface area contributed by atoms with Gasteiger partial charge >= 0.3 is 0 Å². The van der Waals surface area contributed by atoms with Gasteiger partial charge < -0.3 is 4.74 Å². The highest BCUT2D eigenvalue weighted by atomic mass is 35.5. The quantitative estimate of drug-likeness (QED) is 0.927. The van der Waals surface area contributed by atoms with Gasteiger partial charge in [0.05, 0.1) is 0 Å². The zero-order valence-electron chi connectivity index (χ0n) is 10.6. The van der Waals surface area contributed by atoms with Gasteiger partial charge in [-0.3, -0.25) is 5.10 Å². The fourth-order valence-electron chi connectivity index (χ4n) is 2.42. The van der Waals surface area contributed by atoms with Gasteiger partial charge in [-0.2, -0.15) is 5.10 Å². The number of aromatic amines is 1. The molecule has 1 saturated carbocycles. The molecule has 1 aromatic carbocycles. The Morgan fingerprint density at radius 2 is 1.95 bits per heavy atom. The lowest BCUT2D eigenvalue weighted by Crippen LogP contribution is -1.98. The summed E-state index contributed by atoms with van der Waals surface area (Å²) in [6.07, 6.45) is 4.98. The van der Waals surface area contributed by atoms with Crippen LogP contribution in [0.1, 0.15) is 43.3 Å². The summed E-state index contributed by atoms with van der Waals surface area (Å²) < 4.78 is 5.63. The largest absolute Gasteiger partial charge is 0.486 e. The van der Waals surface area contributed by atoms with Gasteiger partial charge in [0.25, 0.3) is 0 Å². The molecule has 0 atom stereocenters. The molecule has 0 bridgehead atoms. The number of halogens is 1. The Kier molecular flexibility index (Phi) is 3.69. The molecule has 100 valence electrons. The van der Waals surface area contributed by atoms with Gasteiger partial charge in [0.1, 0.15) is 12.4 Å². The van der Waals surface area contributed by atoms with Crippen molar-refractivity contribution in [2.24, 2.45) is 0 Å². The first kappa shape index (κ1) is 12.5. The van der Waals surface area contributed by atoms with E-state index < -0.39 is 0 Å². The van der Waals surface area contributed by atoms with Gasteiger partial charge in [-0.1, -0.05) is 24.4 Å². The lowest BCUT2D eigenvalue weighted by atomic mass is 10.1. The molecule has 19 heavy (non-hydrogen) atoms. The fraction of sp³-hybridized carbons (Fsp3) is 0.429. The lowest BCUT2D eigenvalue weighted by molar-refractivity contribution is 0.296. The molecule has 0 amide bonds. The van der Waals surface area contributed by atoms with Gasteiger partial charge in [0, 0.05) is 10.9 Å². The molecular weight excluding hydrogens is 262 g/mol. The van der Waals surface area contributed by atoms with Crippen molar-refractivity contribution in [1.82, 2.24) is 15.2 Å². The minimum Gasteiger partial charge on any atom is -0.486 e. The van der Waals surface area contributed by atoms with Crippen molar-refractivity contribution in [1.29, 1.82) is 0 Å². The minimum atomic E-state index is 0.404. The second-order valence-electron chi connectivity index (χ2n) is 4.86. The Bertz CT molecular complexity index is 532. The fourth-order valence-corrected chi connectivity index (χ4v) is 2.55. The average molecular weight is 278 g/mol. The number of nitrogens with zero attached hydrogens (tertiary/aromatic N) is 2. The predicted molar refractivity (Wildman–Crippen MR) is 73.4 cm³/mol. The van der Waals surface area contributed by atoms with Gasteiger partial charge in [0.2, 0.25) is 0 Å². The smallest absolute Gasteiger partial charge is 0.162 e. The highest BCUT2D eigenvalue weighted by molar-refractivity contribution is 6.30. The predicted octanol–water partition coefficient (Wildman–Crippen LogP) is 3.69. The van der Waals surface area contributed by atoms with E-state index in [9.17, 15) is 0 Å². The molecule has 1 fully saturated rings. The number of H-pyrrole nitrogens is 1. The number of nitrogens with one attached hydrogen (secondary N) is 1. The summed E-state index contributed by atoms with van der Waals surface area (Å²) in [7, 11) is 0. The van der Waals surface area contributed by atoms with Crippen molar-refractivity contribution >= 4 is 11.6 Å². The Morgan fingerprint density at radius 3 is 2.68 bits per heavy atom. The van der Waals surface area contributed by atoms with Crippen LogP contribution in [0.25, 0.3) is 0 Å². The molecule has 0 saturated heterocycles. The molecule has 0 unspecified atom stereocenters. The third kappa shape index (κ3) is 3.07. The summed E-state index contributed by atoms with van der Waals surface area (Å²) >= 11 is 5.82. The number of rotatable bonds is 4. The molecule has 1 aliphatic carbocycles. The van der Waals surface area contributed by atoms with Crippen LogP contribution in [-0.4, -0.2) is 15.2 Å². The third-order valence-electron chi connectivity index (χ3n) is 3.46. The van der Waals surface area contributed by atoms with Crippen LogP contribution in [0.3, 0.4) is 0 Å². The van der Waals surface area contributed by atoms with Gasteiger partial charge in [-0.05, 0) is 37.1 Å². The van der Waals surface area contributed by atoms with E-state index in [4.69, 9.17) is 16.3 Å². The van der Waals surface area contributed by atoms with Crippen LogP contribution in [0.4, 0.5) is 0 Å². The molecule has 1 aromatic heterocycles. The number of hydrogen-bond donors (Lipinski definition) is 1. The first-order chi connectivity index (χ1) is 9.31. The summed E-state index contributed by atoms with van der Waals surface area (Å²) in [4.78, 5) is 4.51. The van der Waals surface area contributed by atoms with Crippen molar-refractivity contribution < 1.29 is 4.74 Å². The van der Waals surface area contributed by atoms with Crippen molar-refractivity contribution in [3.05, 3.63) is 40.9 Å². The van der Waals surface area contributed by atoms with E-state index in [1.807, 2.05) is 12.1 Å². The molecule has 3 rings (SSSR count). The molecule has 0 spiro atoms. The Hall–Kier alpha value is -1.55. The molecule has 2 aromatic rings. The van der Waals surface area contributed by atoms with E-state index in [2.05, 4.69) is 15.2 Å². The lowest BCUT2D eigenvalue weighted by Gasteiger charge is -2.03. The van der Waals surface area contributed by atoms with E-state index in [-0.39, 0.29) is 0 Å². The number of ether oxygens (including phenoxy) is 1. The molecule has 4 nitrogen and oxygen atoms in total. The van der Waals surface area contributed by atoms with Crippen LogP contribution in [0.2, 0.25) is 5.02 Å². The number of hydrogen-bond acceptors (Lipinski definition) is 3. The zero-order valence-corrected chi connectivity index (χ0v) is 11.4. The maximum Gasteiger partial charge on any atom is 0.162 e. The molecule has 1 aliphatic rings. The first-order valence-electron chi connectivity index (χ1n) is 6.61. The molecular formula is C14H16ClN3O. The van der Waals surface area contributed by atoms with E-state index >= 15 is 0 Å². The van der Waals surface area contributed by atoms with Crippen molar-refractivity contribution in [3.63, 3.8) is 0 Å². The molecule has 0 radical (unpaired) electrons. The molecule has 1 N–H and O–H groups in total. The van der Waals surface area contributed by atoms with Crippen molar-refractivity contribution in [2.45, 2.75) is 38.2 Å². The highest BCUT2D eigenvalue weighted by Gasteiger charge is 2.21. The maximum absolute atomic E-state index is 5.82. The minimum absolute atomic E-state index is 0.404. The highest BCUT2D eigenvalue weighted by Crippen LogP contribution is 2.31. The topological polar surface area (TPSA) is 50.8 Å². The second kappa shape index (κ2) is 5.61. The summed E-state index contributed by atoms with van der Waals surface area (Å²) in [6.45, 7) is 0.404. The van der Waals surface area contributed by atoms with Crippen molar-refractivity contribution in [3.8, 4) is 5.75 Å². The van der Waals surface area contributed by atoms with Crippen molar-refractivity contribution in [2.75, 3.05) is 0 Å². The average Bonchev–Trinajstić information content (AvgIpc) is 3.09. The van der Waals surface area contributed by atoms with Crippen LogP contribution in [0.5, 0.6) is 5.75 Å². The molecule has 0 aliphatic heterocycles. The monoisotopic (exact) mass is 277 g/mol. The van der Waals surface area contributed by atoms with E-state index in [1.54, 1.807) is 12.1 Å². The number of aromatic nitrogens is 3. The van der Waals surface area contributed by atoms with Gasteiger partial charge in [0.15, 0.2) is 11.6 Å². The summed E-state index contributed by atoms with van der Waals surface area (Å²) in [5.41, 5.74) is 0. The summed E-state index contributed by atoms with van der Waals surface area (Å²) in [5, 5.41) is 7.94. The maximum atomic E-state index is 5.82. The first-order valence-corrected chi connectivity index (χ1v) is 6.98. The Morgan fingerprint density at radius 1 is 1.21 bits per heavy atom. The van der Waals surface area contributed by atoms with Crippen LogP contribution in [-0.2, 0) is 6.61 Å². The Balaban J connectivity index is 1.59. The normalized spacial score (nSPS) is 15.8. The van der Waals surface area contributed by atoms with Crippen LogP contribution < -0.4 is 4.74 Å². The second-order valence-corrected chi connectivity index (χ2v) is 5.30. The zero-order chi connectivity index (χ0) is 13.1. The van der Waals surface area contributed by atoms with E-state index in [0.717, 1.165) is 17.4 Å². The Labute approximate surface area is 117 Å². The van der Waals surface area contributed by atoms with Gasteiger partial charge in [-0.25, -0.2) is 4.98 Å². The summed E-state index contributed by atoms with van der Waals surface area (Å²) in [5.74, 6) is 3.02.